The summed E-state index contributed by atoms with van der Waals surface area (Å²) in [5, 5.41) is 0. The largest absolute Gasteiger partial charge is 0.312 e. The molecule has 0 saturated carbocycles. The maximum absolute atomic E-state index is 13.0. The minimum absolute atomic E-state index is 0.127. The SMILES string of the molecule is CCC(C(=O)c1ccccc1)C1=Nc2ccccc2C2=NCCN21. The summed E-state index contributed by atoms with van der Waals surface area (Å²) in [6.07, 6.45) is 0.721. The molecular formula is C20H19N3O. The average molecular weight is 317 g/mol. The second kappa shape index (κ2) is 6.04. The molecule has 2 aliphatic rings. The van der Waals surface area contributed by atoms with Crippen LogP contribution < -0.4 is 0 Å². The molecule has 4 rings (SSSR count). The molecule has 0 radical (unpaired) electrons. The van der Waals surface area contributed by atoms with Gasteiger partial charge in [-0.2, -0.15) is 0 Å². The number of hydrogen-bond donors (Lipinski definition) is 0. The average Bonchev–Trinajstić information content (AvgIpc) is 3.13. The van der Waals surface area contributed by atoms with Crippen LogP contribution in [0, 0.1) is 5.92 Å². The fourth-order valence-corrected chi connectivity index (χ4v) is 3.40. The number of rotatable bonds is 4. The normalized spacial score (nSPS) is 16.8. The molecule has 1 atom stereocenters. The van der Waals surface area contributed by atoms with Gasteiger partial charge in [0, 0.05) is 17.7 Å². The van der Waals surface area contributed by atoms with Crippen LogP contribution in [0.1, 0.15) is 29.3 Å². The van der Waals surface area contributed by atoms with Crippen molar-refractivity contribution in [2.24, 2.45) is 15.9 Å². The number of ketones is 1. The maximum Gasteiger partial charge on any atom is 0.173 e. The molecule has 4 heteroatoms. The predicted octanol–water partition coefficient (Wildman–Crippen LogP) is 3.70. The van der Waals surface area contributed by atoms with E-state index >= 15 is 0 Å². The molecule has 1 unspecified atom stereocenters. The number of fused-ring (bicyclic) bond motifs is 3. The van der Waals surface area contributed by atoms with Gasteiger partial charge in [-0.05, 0) is 18.6 Å². The lowest BCUT2D eigenvalue weighted by Crippen LogP contribution is -2.43. The van der Waals surface area contributed by atoms with Crippen LogP contribution in [-0.2, 0) is 0 Å². The van der Waals surface area contributed by atoms with E-state index in [0.717, 1.165) is 48.0 Å². The third-order valence-electron chi connectivity index (χ3n) is 4.59. The van der Waals surface area contributed by atoms with Crippen LogP contribution in [0.15, 0.2) is 64.6 Å². The van der Waals surface area contributed by atoms with Crippen molar-refractivity contribution in [1.29, 1.82) is 0 Å². The van der Waals surface area contributed by atoms with Crippen molar-refractivity contribution in [3.05, 3.63) is 65.7 Å². The van der Waals surface area contributed by atoms with Gasteiger partial charge < -0.3 is 4.90 Å². The predicted molar refractivity (Wildman–Crippen MR) is 96.2 cm³/mol. The number of aliphatic imine (C=N–C) groups is 2. The second-order valence-corrected chi connectivity index (χ2v) is 6.04. The van der Waals surface area contributed by atoms with Gasteiger partial charge in [0.25, 0.3) is 0 Å². The minimum Gasteiger partial charge on any atom is -0.312 e. The lowest BCUT2D eigenvalue weighted by molar-refractivity contribution is 0.0948. The third-order valence-corrected chi connectivity index (χ3v) is 4.59. The number of nitrogens with zero attached hydrogens (tertiary/aromatic N) is 3. The molecule has 24 heavy (non-hydrogen) atoms. The molecule has 0 bridgehead atoms. The smallest absolute Gasteiger partial charge is 0.173 e. The molecule has 0 aliphatic carbocycles. The van der Waals surface area contributed by atoms with Gasteiger partial charge in [-0.25, -0.2) is 4.99 Å². The molecule has 2 heterocycles. The van der Waals surface area contributed by atoms with Crippen LogP contribution in [0.5, 0.6) is 0 Å². The first-order chi connectivity index (χ1) is 11.8. The van der Waals surface area contributed by atoms with Crippen LogP contribution >= 0.6 is 0 Å². The van der Waals surface area contributed by atoms with Gasteiger partial charge in [-0.15, -0.1) is 0 Å². The summed E-state index contributed by atoms with van der Waals surface area (Å²) in [5.41, 5.74) is 2.70. The Morgan fingerprint density at radius 2 is 1.88 bits per heavy atom. The van der Waals surface area contributed by atoms with Crippen molar-refractivity contribution < 1.29 is 4.79 Å². The maximum atomic E-state index is 13.0. The van der Waals surface area contributed by atoms with E-state index in [0.29, 0.717) is 0 Å². The number of benzene rings is 2. The van der Waals surface area contributed by atoms with Crippen molar-refractivity contribution in [2.75, 3.05) is 13.1 Å². The van der Waals surface area contributed by atoms with Gasteiger partial charge in [0.05, 0.1) is 18.2 Å². The van der Waals surface area contributed by atoms with Crippen LogP contribution in [0.2, 0.25) is 0 Å². The topological polar surface area (TPSA) is 45.0 Å². The van der Waals surface area contributed by atoms with Gasteiger partial charge in [-0.3, -0.25) is 9.79 Å². The Bertz CT molecular complexity index is 839. The van der Waals surface area contributed by atoms with Gasteiger partial charge in [0.1, 0.15) is 11.7 Å². The molecule has 4 nitrogen and oxygen atoms in total. The van der Waals surface area contributed by atoms with Gasteiger partial charge in [0.15, 0.2) is 5.78 Å². The third kappa shape index (κ3) is 2.35. The highest BCUT2D eigenvalue weighted by Gasteiger charge is 2.35. The minimum atomic E-state index is -0.246. The lowest BCUT2D eigenvalue weighted by Gasteiger charge is -2.31. The monoisotopic (exact) mass is 317 g/mol. The molecule has 0 N–H and O–H groups in total. The summed E-state index contributed by atoms with van der Waals surface area (Å²) in [6, 6.07) is 17.5. The second-order valence-electron chi connectivity index (χ2n) is 6.04. The lowest BCUT2D eigenvalue weighted by atomic mass is 9.92. The molecule has 0 fully saturated rings. The zero-order chi connectivity index (χ0) is 16.5. The summed E-state index contributed by atoms with van der Waals surface area (Å²) in [4.78, 5) is 24.6. The van der Waals surface area contributed by atoms with Crippen LogP contribution in [-0.4, -0.2) is 35.4 Å². The van der Waals surface area contributed by atoms with Crippen LogP contribution in [0.3, 0.4) is 0 Å². The fraction of sp³-hybridized carbons (Fsp3) is 0.250. The van der Waals surface area contributed by atoms with Crippen LogP contribution in [0.25, 0.3) is 0 Å². The van der Waals surface area contributed by atoms with E-state index < -0.39 is 0 Å². The number of hydrogen-bond acceptors (Lipinski definition) is 4. The zero-order valence-electron chi connectivity index (χ0n) is 13.6. The number of carbonyl (C=O) groups excluding carboxylic acids is 1. The summed E-state index contributed by atoms with van der Waals surface area (Å²) in [6.45, 7) is 3.58. The highest BCUT2D eigenvalue weighted by molar-refractivity contribution is 6.22. The number of carbonyl (C=O) groups is 1. The van der Waals surface area contributed by atoms with E-state index in [-0.39, 0.29) is 11.7 Å². The molecule has 120 valence electrons. The highest BCUT2D eigenvalue weighted by atomic mass is 16.1. The first kappa shape index (κ1) is 14.8. The Morgan fingerprint density at radius 1 is 1.12 bits per heavy atom. The van der Waals surface area contributed by atoms with Crippen molar-refractivity contribution in [3.8, 4) is 0 Å². The van der Waals surface area contributed by atoms with E-state index in [4.69, 9.17) is 4.99 Å². The number of para-hydroxylation sites is 1. The first-order valence-corrected chi connectivity index (χ1v) is 8.39. The van der Waals surface area contributed by atoms with Crippen molar-refractivity contribution in [1.82, 2.24) is 4.90 Å². The zero-order valence-corrected chi connectivity index (χ0v) is 13.6. The van der Waals surface area contributed by atoms with Crippen molar-refractivity contribution in [3.63, 3.8) is 0 Å². The van der Waals surface area contributed by atoms with E-state index in [1.807, 2.05) is 61.5 Å². The molecular weight excluding hydrogens is 298 g/mol. The Morgan fingerprint density at radius 3 is 2.67 bits per heavy atom. The molecule has 2 aliphatic heterocycles. The molecule has 2 aromatic rings. The van der Waals surface area contributed by atoms with E-state index in [9.17, 15) is 4.79 Å². The summed E-state index contributed by atoms with van der Waals surface area (Å²) >= 11 is 0. The molecule has 0 saturated heterocycles. The Kier molecular flexibility index (Phi) is 3.73. The number of amidine groups is 2. The molecule has 0 spiro atoms. The Labute approximate surface area is 141 Å². The van der Waals surface area contributed by atoms with E-state index in [2.05, 4.69) is 9.89 Å². The highest BCUT2D eigenvalue weighted by Crippen LogP contribution is 2.31. The summed E-state index contributed by atoms with van der Waals surface area (Å²) in [5.74, 6) is 1.67. The Balaban J connectivity index is 1.78. The summed E-state index contributed by atoms with van der Waals surface area (Å²) < 4.78 is 0. The van der Waals surface area contributed by atoms with Crippen molar-refractivity contribution >= 4 is 23.1 Å². The summed E-state index contributed by atoms with van der Waals surface area (Å²) in [7, 11) is 0. The number of Topliss-reactive ketones (excluding diaryl/α,β-unsaturated/α-hetero) is 1. The first-order valence-electron chi connectivity index (χ1n) is 8.39. The van der Waals surface area contributed by atoms with Crippen LogP contribution in [0.4, 0.5) is 5.69 Å². The van der Waals surface area contributed by atoms with Gasteiger partial charge in [0.2, 0.25) is 0 Å². The Hall–Kier alpha value is -2.75. The standard InChI is InChI=1S/C20H19N3O/c1-2-15(18(24)14-8-4-3-5-9-14)20-22-17-11-7-6-10-16(17)19-21-12-13-23(19)20/h3-11,15H,2,12-13H2,1H3. The van der Waals surface area contributed by atoms with E-state index in [1.165, 1.54) is 0 Å². The van der Waals surface area contributed by atoms with Gasteiger partial charge in [-0.1, -0.05) is 49.4 Å². The molecule has 0 amide bonds. The fourth-order valence-electron chi connectivity index (χ4n) is 3.40. The van der Waals surface area contributed by atoms with Crippen molar-refractivity contribution in [2.45, 2.75) is 13.3 Å². The van der Waals surface area contributed by atoms with Gasteiger partial charge >= 0.3 is 0 Å². The molecule has 0 aromatic heterocycles. The van der Waals surface area contributed by atoms with E-state index in [1.54, 1.807) is 0 Å². The quantitative estimate of drug-likeness (QED) is 0.807. The molecule has 2 aromatic carbocycles.